The molecule has 1 aliphatic carbocycles. The number of urea groups is 1. The van der Waals surface area contributed by atoms with Crippen LogP contribution in [-0.4, -0.2) is 31.6 Å². The zero-order valence-electron chi connectivity index (χ0n) is 14.7. The molecule has 0 spiro atoms. The lowest BCUT2D eigenvalue weighted by Crippen LogP contribution is -2.50. The number of rotatable bonds is 4. The molecule has 0 radical (unpaired) electrons. The molecule has 0 aromatic heterocycles. The summed E-state index contributed by atoms with van der Waals surface area (Å²) in [7, 11) is 0. The minimum absolute atomic E-state index is 0.0310. The van der Waals surface area contributed by atoms with Crippen molar-refractivity contribution in [1.82, 2.24) is 10.6 Å². The number of hydrogen-bond donors (Lipinski definition) is 2. The van der Waals surface area contributed by atoms with E-state index in [4.69, 9.17) is 9.47 Å². The van der Waals surface area contributed by atoms with Crippen LogP contribution >= 0.6 is 0 Å². The molecule has 2 amide bonds. The van der Waals surface area contributed by atoms with E-state index in [2.05, 4.69) is 10.6 Å². The highest BCUT2D eigenvalue weighted by Crippen LogP contribution is 2.37. The number of nitrogens with one attached hydrogen (secondary N) is 2. The van der Waals surface area contributed by atoms with Gasteiger partial charge in [-0.3, -0.25) is 0 Å². The molecule has 1 fully saturated rings. The van der Waals surface area contributed by atoms with Gasteiger partial charge < -0.3 is 20.1 Å². The van der Waals surface area contributed by atoms with E-state index in [1.165, 1.54) is 12.1 Å². The van der Waals surface area contributed by atoms with Crippen LogP contribution < -0.4 is 15.4 Å². The Balaban J connectivity index is 1.53. The lowest BCUT2D eigenvalue weighted by atomic mass is 9.84. The van der Waals surface area contributed by atoms with Gasteiger partial charge in [-0.15, -0.1) is 0 Å². The fourth-order valence-corrected chi connectivity index (χ4v) is 3.67. The highest BCUT2D eigenvalue weighted by molar-refractivity contribution is 5.74. The normalized spacial score (nSPS) is 22.5. The second kappa shape index (κ2) is 8.33. The summed E-state index contributed by atoms with van der Waals surface area (Å²) in [4.78, 5) is 12.0. The van der Waals surface area contributed by atoms with Crippen LogP contribution in [0.3, 0.4) is 0 Å². The Morgan fingerprint density at radius 2 is 2.00 bits per heavy atom. The summed E-state index contributed by atoms with van der Waals surface area (Å²) in [5.41, 5.74) is 1.18. The fraction of sp³-hybridized carbons (Fsp3) is 0.611. The molecule has 27 heavy (non-hydrogen) atoms. The van der Waals surface area contributed by atoms with E-state index in [9.17, 15) is 22.4 Å². The third-order valence-corrected chi connectivity index (χ3v) is 4.93. The maximum atomic E-state index is 13.7. The third kappa shape index (κ3) is 5.03. The van der Waals surface area contributed by atoms with E-state index in [0.717, 1.165) is 0 Å². The van der Waals surface area contributed by atoms with Crippen molar-refractivity contribution in [3.63, 3.8) is 0 Å². The number of carbonyl (C=O) groups is 1. The van der Waals surface area contributed by atoms with Crippen LogP contribution in [0.4, 0.5) is 22.4 Å². The van der Waals surface area contributed by atoms with Crippen molar-refractivity contribution in [2.24, 2.45) is 5.92 Å². The molecule has 0 bridgehead atoms. The Morgan fingerprint density at radius 1 is 1.22 bits per heavy atom. The quantitative estimate of drug-likeness (QED) is 0.772. The largest absolute Gasteiger partial charge is 0.467 e. The van der Waals surface area contributed by atoms with Crippen molar-refractivity contribution in [3.8, 4) is 5.75 Å². The van der Waals surface area contributed by atoms with Gasteiger partial charge in [-0.1, -0.05) is 12.8 Å². The molecule has 9 heteroatoms. The van der Waals surface area contributed by atoms with Gasteiger partial charge in [-0.2, -0.15) is 13.2 Å². The molecule has 5 nitrogen and oxygen atoms in total. The molecule has 0 saturated heterocycles. The molecule has 2 atom stereocenters. The highest BCUT2D eigenvalue weighted by Gasteiger charge is 2.45. The Labute approximate surface area is 154 Å². The van der Waals surface area contributed by atoms with Crippen molar-refractivity contribution in [1.29, 1.82) is 0 Å². The molecule has 1 heterocycles. The maximum absolute atomic E-state index is 13.7. The van der Waals surface area contributed by atoms with Gasteiger partial charge in [-0.05, 0) is 37.0 Å². The molecule has 1 saturated carbocycles. The summed E-state index contributed by atoms with van der Waals surface area (Å²) >= 11 is 0. The molecule has 2 unspecified atom stereocenters. The van der Waals surface area contributed by atoms with Gasteiger partial charge in [0.1, 0.15) is 11.6 Å². The minimum atomic E-state index is -4.32. The summed E-state index contributed by atoms with van der Waals surface area (Å²) in [6, 6.07) is 1.09. The molecule has 150 valence electrons. The molecule has 1 aromatic rings. The first-order chi connectivity index (χ1) is 12.8. The zero-order valence-corrected chi connectivity index (χ0v) is 14.7. The molecular weight excluding hydrogens is 368 g/mol. The number of fused-ring (bicyclic) bond motifs is 1. The van der Waals surface area contributed by atoms with Crippen LogP contribution in [0.2, 0.25) is 0 Å². The average molecular weight is 390 g/mol. The number of alkyl halides is 3. The van der Waals surface area contributed by atoms with Crippen molar-refractivity contribution >= 4 is 6.03 Å². The van der Waals surface area contributed by atoms with Crippen molar-refractivity contribution < 1.29 is 31.8 Å². The summed E-state index contributed by atoms with van der Waals surface area (Å²) in [5, 5.41) is 4.99. The molecule has 2 N–H and O–H groups in total. The van der Waals surface area contributed by atoms with Gasteiger partial charge in [0.05, 0.1) is 12.5 Å². The first-order valence-electron chi connectivity index (χ1n) is 8.97. The molecular formula is C18H22F4N2O3. The van der Waals surface area contributed by atoms with E-state index in [-0.39, 0.29) is 26.4 Å². The van der Waals surface area contributed by atoms with E-state index >= 15 is 0 Å². The smallest absolute Gasteiger partial charge is 0.393 e. The number of halogens is 4. The SMILES string of the molecule is O=C(NCCc1cc(F)cc2c1OCOC2)NC1CCCCC1C(F)(F)F. The van der Waals surface area contributed by atoms with Crippen LogP contribution in [0.5, 0.6) is 5.75 Å². The van der Waals surface area contributed by atoms with Gasteiger partial charge in [0.2, 0.25) is 0 Å². The second-order valence-electron chi connectivity index (χ2n) is 6.85. The van der Waals surface area contributed by atoms with Crippen LogP contribution in [-0.2, 0) is 17.8 Å². The number of carbonyl (C=O) groups excluding carboxylic acids is 1. The molecule has 1 aromatic carbocycles. The zero-order chi connectivity index (χ0) is 19.4. The summed E-state index contributed by atoms with van der Waals surface area (Å²) in [5.74, 6) is -1.41. The fourth-order valence-electron chi connectivity index (χ4n) is 3.67. The predicted molar refractivity (Wildman–Crippen MR) is 88.7 cm³/mol. The third-order valence-electron chi connectivity index (χ3n) is 4.93. The van der Waals surface area contributed by atoms with Gasteiger partial charge in [0.25, 0.3) is 0 Å². The minimum Gasteiger partial charge on any atom is -0.467 e. The van der Waals surface area contributed by atoms with Crippen LogP contribution in [0, 0.1) is 11.7 Å². The van der Waals surface area contributed by atoms with Gasteiger partial charge in [0.15, 0.2) is 6.79 Å². The van der Waals surface area contributed by atoms with Gasteiger partial charge in [-0.25, -0.2) is 9.18 Å². The van der Waals surface area contributed by atoms with Gasteiger partial charge >= 0.3 is 12.2 Å². The van der Waals surface area contributed by atoms with Crippen molar-refractivity contribution in [2.75, 3.05) is 13.3 Å². The monoisotopic (exact) mass is 390 g/mol. The van der Waals surface area contributed by atoms with Crippen LogP contribution in [0.25, 0.3) is 0 Å². The Kier molecular flexibility index (Phi) is 6.08. The summed E-state index contributed by atoms with van der Waals surface area (Å²) < 4.78 is 63.4. The summed E-state index contributed by atoms with van der Waals surface area (Å²) in [6.07, 6.45) is -2.52. The maximum Gasteiger partial charge on any atom is 0.393 e. The first kappa shape index (κ1) is 19.7. The average Bonchev–Trinajstić information content (AvgIpc) is 2.61. The van der Waals surface area contributed by atoms with E-state index in [1.807, 2.05) is 0 Å². The van der Waals surface area contributed by atoms with Gasteiger partial charge in [0, 0.05) is 18.2 Å². The standard InChI is InChI=1S/C18H22F4N2O3/c19-13-7-11(16-12(8-13)9-26-10-27-16)5-6-23-17(25)24-15-4-2-1-3-14(15)18(20,21)22/h7-8,14-15H,1-6,9-10H2,(H2,23,24,25). The predicted octanol–water partition coefficient (Wildman–Crippen LogP) is 3.66. The second-order valence-corrected chi connectivity index (χ2v) is 6.85. The number of hydrogen-bond acceptors (Lipinski definition) is 3. The molecule has 3 rings (SSSR count). The number of amides is 2. The van der Waals surface area contributed by atoms with E-state index in [0.29, 0.717) is 42.6 Å². The lowest BCUT2D eigenvalue weighted by molar-refractivity contribution is -0.187. The molecule has 1 aliphatic heterocycles. The number of benzene rings is 1. The Hall–Kier alpha value is -2.03. The Bertz CT molecular complexity index is 681. The van der Waals surface area contributed by atoms with Crippen LogP contribution in [0.1, 0.15) is 36.8 Å². The van der Waals surface area contributed by atoms with Crippen LogP contribution in [0.15, 0.2) is 12.1 Å². The van der Waals surface area contributed by atoms with Crippen molar-refractivity contribution in [3.05, 3.63) is 29.1 Å². The summed E-state index contributed by atoms with van der Waals surface area (Å²) in [6.45, 7) is 0.462. The van der Waals surface area contributed by atoms with Crippen molar-refractivity contribution in [2.45, 2.75) is 50.9 Å². The highest BCUT2D eigenvalue weighted by atomic mass is 19.4. The number of ether oxygens (including phenoxy) is 2. The Morgan fingerprint density at radius 3 is 2.78 bits per heavy atom. The lowest BCUT2D eigenvalue weighted by Gasteiger charge is -2.33. The van der Waals surface area contributed by atoms with E-state index < -0.39 is 30.0 Å². The first-order valence-corrected chi connectivity index (χ1v) is 8.97. The van der Waals surface area contributed by atoms with E-state index in [1.54, 1.807) is 0 Å². The molecule has 2 aliphatic rings. The topological polar surface area (TPSA) is 59.6 Å².